The average Bonchev–Trinajstić information content (AvgIpc) is 3.28. The first kappa shape index (κ1) is 16.2. The van der Waals surface area contributed by atoms with E-state index in [9.17, 15) is 9.59 Å². The normalized spacial score (nSPS) is 15.0. The largest absolute Gasteiger partial charge is 0.478 e. The lowest BCUT2D eigenvalue weighted by Crippen LogP contribution is -2.28. The van der Waals surface area contributed by atoms with Gasteiger partial charge in [0.1, 0.15) is 5.75 Å². The number of halogens is 2. The standard InChI is InChI=1S/C17H12Br2O4/c18-12-2-1-3-13(19)14(12)15(20)10-4-6-11(7-5-10)23-17(8-9-17)16(21)22/h1-7H,8-9H2,(H,21,22). The zero-order chi connectivity index (χ0) is 16.6. The third-order valence-corrected chi connectivity index (χ3v) is 5.04. The van der Waals surface area contributed by atoms with Gasteiger partial charge < -0.3 is 9.84 Å². The molecule has 0 aromatic heterocycles. The number of carboxylic acids is 1. The van der Waals surface area contributed by atoms with Gasteiger partial charge in [0, 0.05) is 27.4 Å². The van der Waals surface area contributed by atoms with Crippen molar-refractivity contribution >= 4 is 43.6 Å². The molecule has 3 rings (SSSR count). The lowest BCUT2D eigenvalue weighted by molar-refractivity contribution is -0.147. The molecule has 0 amide bonds. The smallest absolute Gasteiger partial charge is 0.348 e. The third kappa shape index (κ3) is 3.19. The van der Waals surface area contributed by atoms with E-state index in [1.807, 2.05) is 6.07 Å². The molecule has 1 fully saturated rings. The van der Waals surface area contributed by atoms with E-state index in [-0.39, 0.29) is 5.78 Å². The second kappa shape index (κ2) is 6.09. The number of hydrogen-bond acceptors (Lipinski definition) is 3. The van der Waals surface area contributed by atoms with Crippen molar-refractivity contribution in [3.05, 3.63) is 62.5 Å². The van der Waals surface area contributed by atoms with E-state index in [2.05, 4.69) is 31.9 Å². The minimum Gasteiger partial charge on any atom is -0.478 e. The number of ketones is 1. The van der Waals surface area contributed by atoms with Crippen LogP contribution in [-0.2, 0) is 4.79 Å². The number of carbonyl (C=O) groups is 2. The first-order valence-corrected chi connectivity index (χ1v) is 8.53. The molecule has 2 aromatic carbocycles. The summed E-state index contributed by atoms with van der Waals surface area (Å²) in [5.41, 5.74) is -0.0349. The van der Waals surface area contributed by atoms with Gasteiger partial charge in [-0.2, -0.15) is 0 Å². The molecule has 2 aromatic rings. The van der Waals surface area contributed by atoms with Crippen molar-refractivity contribution in [2.24, 2.45) is 0 Å². The van der Waals surface area contributed by atoms with Crippen LogP contribution in [-0.4, -0.2) is 22.5 Å². The summed E-state index contributed by atoms with van der Waals surface area (Å²) in [6.45, 7) is 0. The van der Waals surface area contributed by atoms with Crippen molar-refractivity contribution in [2.45, 2.75) is 18.4 Å². The van der Waals surface area contributed by atoms with Gasteiger partial charge >= 0.3 is 5.97 Å². The van der Waals surface area contributed by atoms with Crippen molar-refractivity contribution in [1.82, 2.24) is 0 Å². The van der Waals surface area contributed by atoms with Crippen LogP contribution < -0.4 is 4.74 Å². The molecule has 1 aliphatic rings. The molecule has 23 heavy (non-hydrogen) atoms. The molecule has 1 N–H and O–H groups in total. The molecule has 118 valence electrons. The highest BCUT2D eigenvalue weighted by atomic mass is 79.9. The van der Waals surface area contributed by atoms with Crippen LogP contribution in [0.3, 0.4) is 0 Å². The van der Waals surface area contributed by atoms with Gasteiger partial charge in [-0.15, -0.1) is 0 Å². The number of carbonyl (C=O) groups excluding carboxylic acids is 1. The molecule has 0 atom stereocenters. The second-order valence-electron chi connectivity index (χ2n) is 5.35. The Balaban J connectivity index is 1.82. The Morgan fingerprint density at radius 2 is 1.57 bits per heavy atom. The van der Waals surface area contributed by atoms with Gasteiger partial charge in [0.15, 0.2) is 5.78 Å². The summed E-state index contributed by atoms with van der Waals surface area (Å²) in [5.74, 6) is -0.627. The van der Waals surface area contributed by atoms with Gasteiger partial charge in [0.25, 0.3) is 0 Å². The Morgan fingerprint density at radius 1 is 1.00 bits per heavy atom. The molecule has 0 heterocycles. The Hall–Kier alpha value is -1.66. The number of benzene rings is 2. The van der Waals surface area contributed by atoms with E-state index in [0.717, 1.165) is 0 Å². The van der Waals surface area contributed by atoms with E-state index < -0.39 is 11.6 Å². The molecule has 1 aliphatic carbocycles. The molecule has 0 spiro atoms. The molecular formula is C17H12Br2O4. The molecule has 0 radical (unpaired) electrons. The molecule has 4 nitrogen and oxygen atoms in total. The number of hydrogen-bond donors (Lipinski definition) is 1. The number of aliphatic carboxylic acids is 1. The highest BCUT2D eigenvalue weighted by molar-refractivity contribution is 9.11. The molecule has 0 aliphatic heterocycles. The van der Waals surface area contributed by atoms with Crippen molar-refractivity contribution in [3.63, 3.8) is 0 Å². The quantitative estimate of drug-likeness (QED) is 0.699. The fourth-order valence-corrected chi connectivity index (χ4v) is 3.59. The Kier molecular flexibility index (Phi) is 4.29. The van der Waals surface area contributed by atoms with Crippen molar-refractivity contribution in [3.8, 4) is 5.75 Å². The van der Waals surface area contributed by atoms with Crippen LogP contribution in [0.25, 0.3) is 0 Å². The topological polar surface area (TPSA) is 63.6 Å². The predicted octanol–water partition coefficient (Wildman–Crippen LogP) is 4.44. The van der Waals surface area contributed by atoms with Crippen LogP contribution in [0.15, 0.2) is 51.4 Å². The van der Waals surface area contributed by atoms with E-state index in [1.54, 1.807) is 36.4 Å². The van der Waals surface area contributed by atoms with Crippen LogP contribution in [0.1, 0.15) is 28.8 Å². The number of ether oxygens (including phenoxy) is 1. The lowest BCUT2D eigenvalue weighted by atomic mass is 10.0. The summed E-state index contributed by atoms with van der Waals surface area (Å²) in [6, 6.07) is 12.0. The first-order valence-electron chi connectivity index (χ1n) is 6.94. The van der Waals surface area contributed by atoms with Crippen LogP contribution in [0, 0.1) is 0 Å². The van der Waals surface area contributed by atoms with Crippen molar-refractivity contribution < 1.29 is 19.4 Å². The van der Waals surface area contributed by atoms with Gasteiger partial charge in [0.05, 0.1) is 5.56 Å². The summed E-state index contributed by atoms with van der Waals surface area (Å²) in [7, 11) is 0. The van der Waals surface area contributed by atoms with Crippen LogP contribution in [0.5, 0.6) is 5.75 Å². The first-order chi connectivity index (χ1) is 10.9. The second-order valence-corrected chi connectivity index (χ2v) is 7.06. The maximum Gasteiger partial charge on any atom is 0.348 e. The van der Waals surface area contributed by atoms with E-state index in [4.69, 9.17) is 9.84 Å². The third-order valence-electron chi connectivity index (χ3n) is 3.71. The lowest BCUT2D eigenvalue weighted by Gasteiger charge is -2.13. The Labute approximate surface area is 149 Å². The zero-order valence-corrected chi connectivity index (χ0v) is 15.1. The molecule has 6 heteroatoms. The summed E-state index contributed by atoms with van der Waals surface area (Å²) >= 11 is 6.77. The molecule has 0 saturated heterocycles. The van der Waals surface area contributed by atoms with Gasteiger partial charge in [0.2, 0.25) is 5.60 Å². The van der Waals surface area contributed by atoms with Gasteiger partial charge in [-0.25, -0.2) is 4.79 Å². The molecule has 0 bridgehead atoms. The summed E-state index contributed by atoms with van der Waals surface area (Å²) in [4.78, 5) is 23.7. The van der Waals surface area contributed by atoms with E-state index in [0.29, 0.717) is 38.7 Å². The van der Waals surface area contributed by atoms with Gasteiger partial charge in [-0.05, 0) is 68.3 Å². The molecular weight excluding hydrogens is 428 g/mol. The maximum absolute atomic E-state index is 12.6. The zero-order valence-electron chi connectivity index (χ0n) is 11.9. The summed E-state index contributed by atoms with van der Waals surface area (Å²) in [6.07, 6.45) is 1.01. The van der Waals surface area contributed by atoms with E-state index in [1.165, 1.54) is 0 Å². The SMILES string of the molecule is O=C(c1ccc(OC2(C(=O)O)CC2)cc1)c1c(Br)cccc1Br. The average molecular weight is 440 g/mol. The van der Waals surface area contributed by atoms with Gasteiger partial charge in [-0.3, -0.25) is 4.79 Å². The predicted molar refractivity (Wildman–Crippen MR) is 91.9 cm³/mol. The molecule has 1 saturated carbocycles. The summed E-state index contributed by atoms with van der Waals surface area (Å²) < 4.78 is 6.95. The Morgan fingerprint density at radius 3 is 2.04 bits per heavy atom. The Bertz CT molecular complexity index is 759. The fraction of sp³-hybridized carbons (Fsp3) is 0.176. The highest BCUT2D eigenvalue weighted by Crippen LogP contribution is 2.40. The monoisotopic (exact) mass is 438 g/mol. The van der Waals surface area contributed by atoms with Crippen LogP contribution in [0.4, 0.5) is 0 Å². The molecule has 0 unspecified atom stereocenters. The van der Waals surface area contributed by atoms with Crippen molar-refractivity contribution in [1.29, 1.82) is 0 Å². The number of rotatable bonds is 5. The van der Waals surface area contributed by atoms with Crippen LogP contribution in [0.2, 0.25) is 0 Å². The van der Waals surface area contributed by atoms with Crippen LogP contribution >= 0.6 is 31.9 Å². The summed E-state index contributed by atoms with van der Waals surface area (Å²) in [5, 5.41) is 9.13. The maximum atomic E-state index is 12.6. The minimum absolute atomic E-state index is 0.129. The highest BCUT2D eigenvalue weighted by Gasteiger charge is 2.53. The van der Waals surface area contributed by atoms with Gasteiger partial charge in [-0.1, -0.05) is 6.07 Å². The van der Waals surface area contributed by atoms with E-state index >= 15 is 0 Å². The van der Waals surface area contributed by atoms with Crippen molar-refractivity contribution in [2.75, 3.05) is 0 Å². The fourth-order valence-electron chi connectivity index (χ4n) is 2.23. The minimum atomic E-state index is -1.09. The number of carboxylic acid groups (broad SMARTS) is 1.